The molecular weight excluding hydrogens is 306 g/mol. The molecule has 0 saturated heterocycles. The van der Waals surface area contributed by atoms with Gasteiger partial charge in [0.2, 0.25) is 16.0 Å². The minimum Gasteiger partial charge on any atom is -0.493 e. The van der Waals surface area contributed by atoms with Gasteiger partial charge in [0.05, 0.1) is 20.0 Å². The number of sulfonamides is 1. The molecule has 0 fully saturated rings. The van der Waals surface area contributed by atoms with Gasteiger partial charge in [0, 0.05) is 12.4 Å². The lowest BCUT2D eigenvalue weighted by atomic mass is 10.1. The average molecular weight is 323 g/mol. The van der Waals surface area contributed by atoms with Crippen molar-refractivity contribution in [3.05, 3.63) is 42.2 Å². The van der Waals surface area contributed by atoms with E-state index in [1.807, 2.05) is 0 Å². The minimum absolute atomic E-state index is 0.0646. The highest BCUT2D eigenvalue weighted by molar-refractivity contribution is 7.92. The molecule has 0 radical (unpaired) electrons. The van der Waals surface area contributed by atoms with Gasteiger partial charge in [-0.05, 0) is 30.2 Å². The van der Waals surface area contributed by atoms with Crippen molar-refractivity contribution >= 4 is 16.0 Å². The summed E-state index contributed by atoms with van der Waals surface area (Å²) in [5, 5.41) is 0. The SMILES string of the molecule is COc1ccc(CCS(=O)(=O)Nc2ncccn2)cc1OC. The molecule has 22 heavy (non-hydrogen) atoms. The number of aromatic nitrogens is 2. The van der Waals surface area contributed by atoms with Crippen LogP contribution in [0.25, 0.3) is 0 Å². The number of nitrogens with one attached hydrogen (secondary N) is 1. The summed E-state index contributed by atoms with van der Waals surface area (Å²) in [6, 6.07) is 6.92. The molecule has 0 unspecified atom stereocenters. The van der Waals surface area contributed by atoms with Crippen LogP contribution in [0.2, 0.25) is 0 Å². The standard InChI is InChI=1S/C14H17N3O4S/c1-20-12-5-4-11(10-13(12)21-2)6-9-22(18,19)17-14-15-7-3-8-16-14/h3-5,7-8,10H,6,9H2,1-2H3,(H,15,16,17). The molecule has 8 heteroatoms. The fourth-order valence-electron chi connectivity index (χ4n) is 1.83. The molecule has 1 heterocycles. The predicted molar refractivity (Wildman–Crippen MR) is 82.7 cm³/mol. The molecule has 0 aliphatic rings. The van der Waals surface area contributed by atoms with Gasteiger partial charge in [0.15, 0.2) is 11.5 Å². The Morgan fingerprint density at radius 1 is 1.09 bits per heavy atom. The minimum atomic E-state index is -3.52. The molecule has 1 N–H and O–H groups in total. The zero-order chi connectivity index (χ0) is 16.0. The van der Waals surface area contributed by atoms with Crippen LogP contribution in [0, 0.1) is 0 Å². The molecule has 2 rings (SSSR count). The molecule has 1 aromatic carbocycles. The van der Waals surface area contributed by atoms with Gasteiger partial charge in [0.25, 0.3) is 0 Å². The summed E-state index contributed by atoms with van der Waals surface area (Å²) in [5.41, 5.74) is 0.831. The fraction of sp³-hybridized carbons (Fsp3) is 0.286. The van der Waals surface area contributed by atoms with Crippen molar-refractivity contribution in [2.24, 2.45) is 0 Å². The molecule has 1 aromatic heterocycles. The molecular formula is C14H17N3O4S. The topological polar surface area (TPSA) is 90.4 Å². The average Bonchev–Trinajstić information content (AvgIpc) is 2.53. The van der Waals surface area contributed by atoms with Gasteiger partial charge in [0.1, 0.15) is 0 Å². The summed E-state index contributed by atoms with van der Waals surface area (Å²) >= 11 is 0. The Morgan fingerprint density at radius 3 is 2.41 bits per heavy atom. The second-order valence-electron chi connectivity index (χ2n) is 4.43. The van der Waals surface area contributed by atoms with E-state index in [1.54, 1.807) is 31.4 Å². The molecule has 0 bridgehead atoms. The van der Waals surface area contributed by atoms with Crippen molar-refractivity contribution in [1.82, 2.24) is 9.97 Å². The maximum absolute atomic E-state index is 12.0. The van der Waals surface area contributed by atoms with Crippen LogP contribution in [0.1, 0.15) is 5.56 Å². The van der Waals surface area contributed by atoms with Crippen molar-refractivity contribution in [2.75, 3.05) is 24.7 Å². The van der Waals surface area contributed by atoms with Crippen molar-refractivity contribution in [1.29, 1.82) is 0 Å². The van der Waals surface area contributed by atoms with Gasteiger partial charge >= 0.3 is 0 Å². The lowest BCUT2D eigenvalue weighted by Gasteiger charge is -2.10. The summed E-state index contributed by atoms with van der Waals surface area (Å²) in [4.78, 5) is 7.66. The van der Waals surface area contributed by atoms with Gasteiger partial charge in [-0.15, -0.1) is 0 Å². The summed E-state index contributed by atoms with van der Waals surface area (Å²) in [6.45, 7) is 0. The number of benzene rings is 1. The summed E-state index contributed by atoms with van der Waals surface area (Å²) in [7, 11) is -0.433. The van der Waals surface area contributed by atoms with Crippen LogP contribution in [0.4, 0.5) is 5.95 Å². The maximum Gasteiger partial charge on any atom is 0.236 e. The third-order valence-corrected chi connectivity index (χ3v) is 4.16. The molecule has 0 aliphatic heterocycles. The first-order valence-corrected chi connectivity index (χ1v) is 8.18. The van der Waals surface area contributed by atoms with Gasteiger partial charge in [-0.25, -0.2) is 18.4 Å². The second-order valence-corrected chi connectivity index (χ2v) is 6.27. The van der Waals surface area contributed by atoms with Crippen molar-refractivity contribution in [3.63, 3.8) is 0 Å². The maximum atomic E-state index is 12.0. The molecule has 2 aromatic rings. The lowest BCUT2D eigenvalue weighted by molar-refractivity contribution is 0.354. The third-order valence-electron chi connectivity index (χ3n) is 2.92. The van der Waals surface area contributed by atoms with E-state index in [2.05, 4.69) is 14.7 Å². The Morgan fingerprint density at radius 2 is 1.77 bits per heavy atom. The van der Waals surface area contributed by atoms with Crippen LogP contribution in [0.15, 0.2) is 36.7 Å². The molecule has 0 spiro atoms. The van der Waals surface area contributed by atoms with E-state index in [9.17, 15) is 8.42 Å². The van der Waals surface area contributed by atoms with Crippen LogP contribution in [-0.4, -0.2) is 38.4 Å². The zero-order valence-electron chi connectivity index (χ0n) is 12.3. The first kappa shape index (κ1) is 16.0. The number of hydrogen-bond donors (Lipinski definition) is 1. The second kappa shape index (κ2) is 7.08. The van der Waals surface area contributed by atoms with Crippen LogP contribution in [-0.2, 0) is 16.4 Å². The summed E-state index contributed by atoms with van der Waals surface area (Å²) < 4.78 is 36.7. The van der Waals surface area contributed by atoms with Crippen LogP contribution < -0.4 is 14.2 Å². The molecule has 0 atom stereocenters. The van der Waals surface area contributed by atoms with E-state index in [-0.39, 0.29) is 11.7 Å². The van der Waals surface area contributed by atoms with E-state index < -0.39 is 10.0 Å². The first-order valence-electron chi connectivity index (χ1n) is 6.52. The Balaban J connectivity index is 2.03. The highest BCUT2D eigenvalue weighted by atomic mass is 32.2. The van der Waals surface area contributed by atoms with Crippen LogP contribution >= 0.6 is 0 Å². The van der Waals surface area contributed by atoms with Gasteiger partial charge in [-0.1, -0.05) is 6.07 Å². The van der Waals surface area contributed by atoms with E-state index in [0.717, 1.165) is 5.56 Å². The highest BCUT2D eigenvalue weighted by Gasteiger charge is 2.13. The number of hydrogen-bond acceptors (Lipinski definition) is 6. The van der Waals surface area contributed by atoms with Crippen molar-refractivity contribution in [2.45, 2.75) is 6.42 Å². The largest absolute Gasteiger partial charge is 0.493 e. The molecule has 0 saturated carbocycles. The third kappa shape index (κ3) is 4.32. The van der Waals surface area contributed by atoms with E-state index in [1.165, 1.54) is 19.5 Å². The van der Waals surface area contributed by atoms with E-state index in [4.69, 9.17) is 9.47 Å². The van der Waals surface area contributed by atoms with Gasteiger partial charge < -0.3 is 9.47 Å². The van der Waals surface area contributed by atoms with E-state index in [0.29, 0.717) is 17.9 Å². The van der Waals surface area contributed by atoms with Gasteiger partial charge in [-0.3, -0.25) is 4.72 Å². The Bertz CT molecular complexity index is 720. The Hall–Kier alpha value is -2.35. The monoisotopic (exact) mass is 323 g/mol. The predicted octanol–water partition coefficient (Wildman–Crippen LogP) is 1.48. The fourth-order valence-corrected chi connectivity index (χ4v) is 2.82. The number of methoxy groups -OCH3 is 2. The zero-order valence-corrected chi connectivity index (χ0v) is 13.1. The normalized spacial score (nSPS) is 11.0. The number of aryl methyl sites for hydroxylation is 1. The number of nitrogens with zero attached hydrogens (tertiary/aromatic N) is 2. The first-order chi connectivity index (χ1) is 10.5. The Kier molecular flexibility index (Phi) is 5.16. The quantitative estimate of drug-likeness (QED) is 0.830. The van der Waals surface area contributed by atoms with E-state index >= 15 is 0 Å². The molecule has 7 nitrogen and oxygen atoms in total. The number of anilines is 1. The van der Waals surface area contributed by atoms with Crippen LogP contribution in [0.5, 0.6) is 11.5 Å². The number of ether oxygens (including phenoxy) is 2. The highest BCUT2D eigenvalue weighted by Crippen LogP contribution is 2.27. The molecule has 118 valence electrons. The molecule has 0 aliphatic carbocycles. The molecule has 0 amide bonds. The number of rotatable bonds is 7. The smallest absolute Gasteiger partial charge is 0.236 e. The lowest BCUT2D eigenvalue weighted by Crippen LogP contribution is -2.19. The van der Waals surface area contributed by atoms with Crippen molar-refractivity contribution < 1.29 is 17.9 Å². The van der Waals surface area contributed by atoms with Crippen LogP contribution in [0.3, 0.4) is 0 Å². The summed E-state index contributed by atoms with van der Waals surface area (Å²) in [6.07, 6.45) is 3.28. The van der Waals surface area contributed by atoms with Crippen molar-refractivity contribution in [3.8, 4) is 11.5 Å². The summed E-state index contributed by atoms with van der Waals surface area (Å²) in [5.74, 6) is 1.15. The Labute approximate surface area is 129 Å². The van der Waals surface area contributed by atoms with Gasteiger partial charge in [-0.2, -0.15) is 0 Å².